The first-order valence-corrected chi connectivity index (χ1v) is 9.59. The molecule has 0 fully saturated rings. The van der Waals surface area contributed by atoms with Crippen molar-refractivity contribution in [1.82, 2.24) is 20.6 Å². The third-order valence-corrected chi connectivity index (χ3v) is 4.33. The Morgan fingerprint density at radius 2 is 1.87 bits per heavy atom. The number of guanidine groups is 1. The first-order chi connectivity index (χ1) is 14.9. The molecular formula is C21H23F3N6O. The van der Waals surface area contributed by atoms with Gasteiger partial charge in [0, 0.05) is 31.9 Å². The molecule has 0 aliphatic heterocycles. The quantitative estimate of drug-likeness (QED) is 0.299. The lowest BCUT2D eigenvalue weighted by molar-refractivity contribution is -0.137. The molecule has 2 heterocycles. The van der Waals surface area contributed by atoms with Crippen LogP contribution in [0.25, 0.3) is 11.5 Å². The van der Waals surface area contributed by atoms with E-state index in [4.69, 9.17) is 4.42 Å². The lowest BCUT2D eigenvalue weighted by Crippen LogP contribution is -2.39. The average molecular weight is 432 g/mol. The summed E-state index contributed by atoms with van der Waals surface area (Å²) in [6.07, 6.45) is -1.58. The minimum absolute atomic E-state index is 0.203. The van der Waals surface area contributed by atoms with Gasteiger partial charge < -0.3 is 20.4 Å². The summed E-state index contributed by atoms with van der Waals surface area (Å²) in [6, 6.07) is 10.1. The number of oxazole rings is 1. The molecule has 164 valence electrons. The summed E-state index contributed by atoms with van der Waals surface area (Å²) in [7, 11) is 1.60. The third-order valence-electron chi connectivity index (χ3n) is 4.33. The van der Waals surface area contributed by atoms with Crippen molar-refractivity contribution in [1.29, 1.82) is 0 Å². The number of hydrogen-bond acceptors (Lipinski definition) is 5. The summed E-state index contributed by atoms with van der Waals surface area (Å²) in [4.78, 5) is 12.3. The van der Waals surface area contributed by atoms with Crippen molar-refractivity contribution in [3.63, 3.8) is 0 Å². The Kier molecular flexibility index (Phi) is 7.11. The number of halogens is 3. The Morgan fingerprint density at radius 3 is 2.58 bits per heavy atom. The Balaban J connectivity index is 1.46. The van der Waals surface area contributed by atoms with Gasteiger partial charge in [0.15, 0.2) is 5.96 Å². The minimum atomic E-state index is -4.46. The molecule has 10 heteroatoms. The van der Waals surface area contributed by atoms with Crippen molar-refractivity contribution in [2.45, 2.75) is 19.6 Å². The maximum Gasteiger partial charge on any atom is 0.419 e. The van der Waals surface area contributed by atoms with E-state index < -0.39 is 11.7 Å². The predicted molar refractivity (Wildman–Crippen MR) is 113 cm³/mol. The highest BCUT2D eigenvalue weighted by Crippen LogP contribution is 2.33. The second kappa shape index (κ2) is 9.96. The number of hydrogen-bond donors (Lipinski definition) is 3. The Hall–Kier alpha value is -3.56. The van der Waals surface area contributed by atoms with Crippen LogP contribution in [0.1, 0.15) is 16.8 Å². The molecule has 31 heavy (non-hydrogen) atoms. The van der Waals surface area contributed by atoms with Crippen molar-refractivity contribution in [2.24, 2.45) is 4.99 Å². The Bertz CT molecular complexity index is 1010. The number of nitrogens with zero attached hydrogens (tertiary/aromatic N) is 3. The topological polar surface area (TPSA) is 87.4 Å². The van der Waals surface area contributed by atoms with E-state index in [0.717, 1.165) is 17.2 Å². The van der Waals surface area contributed by atoms with Gasteiger partial charge in [-0.05, 0) is 31.2 Å². The summed E-state index contributed by atoms with van der Waals surface area (Å²) in [5.41, 5.74) is 1.94. The van der Waals surface area contributed by atoms with Gasteiger partial charge in [0.25, 0.3) is 0 Å². The fourth-order valence-electron chi connectivity index (χ4n) is 2.75. The molecule has 0 aliphatic rings. The van der Waals surface area contributed by atoms with Crippen LogP contribution in [0.4, 0.5) is 19.0 Å². The molecule has 7 nitrogen and oxygen atoms in total. The molecular weight excluding hydrogens is 409 g/mol. The molecule has 0 amide bonds. The molecule has 3 N–H and O–H groups in total. The fourth-order valence-corrected chi connectivity index (χ4v) is 2.75. The SMILES string of the molecule is CN=C(NCCNc1ncccc1C(F)(F)F)NCc1coc(-c2ccc(C)cc2)n1. The smallest absolute Gasteiger partial charge is 0.419 e. The van der Waals surface area contributed by atoms with Crippen LogP contribution in [-0.2, 0) is 12.7 Å². The molecule has 3 rings (SSSR count). The molecule has 0 radical (unpaired) electrons. The van der Waals surface area contributed by atoms with Crippen molar-refractivity contribution in [3.05, 3.63) is 65.7 Å². The molecule has 0 unspecified atom stereocenters. The van der Waals surface area contributed by atoms with Gasteiger partial charge in [-0.25, -0.2) is 9.97 Å². The predicted octanol–water partition coefficient (Wildman–Crippen LogP) is 3.84. The number of rotatable bonds is 7. The van der Waals surface area contributed by atoms with E-state index in [2.05, 4.69) is 30.9 Å². The van der Waals surface area contributed by atoms with Crippen LogP contribution in [0.2, 0.25) is 0 Å². The van der Waals surface area contributed by atoms with Gasteiger partial charge in [0.2, 0.25) is 5.89 Å². The Labute approximate surface area is 177 Å². The largest absolute Gasteiger partial charge is 0.444 e. The van der Waals surface area contributed by atoms with Gasteiger partial charge in [-0.2, -0.15) is 13.2 Å². The number of pyridine rings is 1. The molecule has 0 aliphatic carbocycles. The zero-order chi connectivity index (χ0) is 22.3. The third kappa shape index (κ3) is 6.21. The van der Waals surface area contributed by atoms with Gasteiger partial charge in [0.1, 0.15) is 12.1 Å². The van der Waals surface area contributed by atoms with Gasteiger partial charge in [-0.15, -0.1) is 0 Å². The van der Waals surface area contributed by atoms with Crippen LogP contribution in [0, 0.1) is 6.92 Å². The van der Waals surface area contributed by atoms with Crippen LogP contribution in [0.15, 0.2) is 58.3 Å². The van der Waals surface area contributed by atoms with Crippen molar-refractivity contribution in [2.75, 3.05) is 25.5 Å². The van der Waals surface area contributed by atoms with Crippen LogP contribution < -0.4 is 16.0 Å². The summed E-state index contributed by atoms with van der Waals surface area (Å²) in [5, 5.41) is 8.80. The first kappa shape index (κ1) is 22.1. The average Bonchev–Trinajstić information content (AvgIpc) is 3.22. The van der Waals surface area contributed by atoms with Gasteiger partial charge in [-0.1, -0.05) is 17.7 Å². The van der Waals surface area contributed by atoms with Gasteiger partial charge in [-0.3, -0.25) is 4.99 Å². The molecule has 0 atom stereocenters. The second-order valence-corrected chi connectivity index (χ2v) is 6.69. The molecule has 0 saturated heterocycles. The Morgan fingerprint density at radius 1 is 1.10 bits per heavy atom. The second-order valence-electron chi connectivity index (χ2n) is 6.69. The highest BCUT2D eigenvalue weighted by molar-refractivity contribution is 5.79. The molecule has 3 aromatic rings. The van der Waals surface area contributed by atoms with Crippen molar-refractivity contribution < 1.29 is 17.6 Å². The molecule has 2 aromatic heterocycles. The fraction of sp³-hybridized carbons (Fsp3) is 0.286. The summed E-state index contributed by atoms with van der Waals surface area (Å²) < 4.78 is 44.5. The zero-order valence-corrected chi connectivity index (χ0v) is 17.1. The van der Waals surface area contributed by atoms with Gasteiger partial charge >= 0.3 is 6.18 Å². The molecule has 0 spiro atoms. The van der Waals surface area contributed by atoms with Crippen LogP contribution in [0.3, 0.4) is 0 Å². The number of anilines is 1. The van der Waals surface area contributed by atoms with E-state index >= 15 is 0 Å². The van der Waals surface area contributed by atoms with E-state index in [9.17, 15) is 13.2 Å². The molecule has 1 aromatic carbocycles. The van der Waals surface area contributed by atoms with E-state index in [1.54, 1.807) is 13.3 Å². The number of alkyl halides is 3. The number of nitrogens with one attached hydrogen (secondary N) is 3. The van der Waals surface area contributed by atoms with Crippen molar-refractivity contribution >= 4 is 11.8 Å². The maximum atomic E-state index is 13.0. The summed E-state index contributed by atoms with van der Waals surface area (Å²) in [6.45, 7) is 2.94. The first-order valence-electron chi connectivity index (χ1n) is 9.59. The number of aryl methyl sites for hydroxylation is 1. The lowest BCUT2D eigenvalue weighted by atomic mass is 10.1. The number of aromatic nitrogens is 2. The number of benzene rings is 1. The molecule has 0 bridgehead atoms. The lowest BCUT2D eigenvalue weighted by Gasteiger charge is -2.14. The van der Waals surface area contributed by atoms with E-state index in [1.165, 1.54) is 12.3 Å². The highest BCUT2D eigenvalue weighted by atomic mass is 19.4. The monoisotopic (exact) mass is 432 g/mol. The van der Waals surface area contributed by atoms with Crippen LogP contribution >= 0.6 is 0 Å². The summed E-state index contributed by atoms with van der Waals surface area (Å²) in [5.74, 6) is 0.810. The number of aliphatic imine (C=N–C) groups is 1. The van der Waals surface area contributed by atoms with Crippen molar-refractivity contribution in [3.8, 4) is 11.5 Å². The highest BCUT2D eigenvalue weighted by Gasteiger charge is 2.33. The molecule has 0 saturated carbocycles. The maximum absolute atomic E-state index is 13.0. The normalized spacial score (nSPS) is 12.0. The van der Waals surface area contributed by atoms with E-state index in [-0.39, 0.29) is 12.4 Å². The van der Waals surface area contributed by atoms with Gasteiger partial charge in [0.05, 0.1) is 17.8 Å². The minimum Gasteiger partial charge on any atom is -0.444 e. The van der Waals surface area contributed by atoms with Crippen LogP contribution in [0.5, 0.6) is 0 Å². The zero-order valence-electron chi connectivity index (χ0n) is 17.1. The summed E-state index contributed by atoms with van der Waals surface area (Å²) >= 11 is 0. The van der Waals surface area contributed by atoms with E-state index in [1.807, 2.05) is 31.2 Å². The van der Waals surface area contributed by atoms with E-state index in [0.29, 0.717) is 30.6 Å². The van der Waals surface area contributed by atoms with Crippen LogP contribution in [-0.4, -0.2) is 36.1 Å². The standard InChI is InChI=1S/C21H23F3N6O/c1-14-5-7-15(8-6-14)19-30-16(13-31-19)12-29-20(25-2)28-11-10-27-18-17(21(22,23)24)4-3-9-26-18/h3-9,13H,10-12H2,1-2H3,(H,26,27)(H2,25,28,29).